The quantitative estimate of drug-likeness (QED) is 0.800. The second-order valence-electron chi connectivity index (χ2n) is 5.29. The number of hydrogen-bond acceptors (Lipinski definition) is 4. The van der Waals surface area contributed by atoms with E-state index in [9.17, 15) is 0 Å². The molecular weight excluding hydrogens is 280 g/mol. The van der Waals surface area contributed by atoms with Gasteiger partial charge in [-0.05, 0) is 24.1 Å². The van der Waals surface area contributed by atoms with Crippen LogP contribution >= 0.6 is 11.3 Å². The lowest BCUT2D eigenvalue weighted by atomic mass is 10.0. The monoisotopic (exact) mass is 304 g/mol. The Labute approximate surface area is 131 Å². The fourth-order valence-electron chi connectivity index (χ4n) is 2.13. The molecule has 21 heavy (non-hydrogen) atoms. The van der Waals surface area contributed by atoms with Crippen molar-refractivity contribution in [3.8, 4) is 5.75 Å². The van der Waals surface area contributed by atoms with Gasteiger partial charge in [-0.15, -0.1) is 11.3 Å². The highest BCUT2D eigenvalue weighted by Gasteiger charge is 2.07. The van der Waals surface area contributed by atoms with E-state index in [0.29, 0.717) is 12.5 Å². The number of hydrogen-bond donors (Lipinski definition) is 1. The number of ether oxygens (including phenoxy) is 1. The third-order valence-electron chi connectivity index (χ3n) is 3.27. The molecule has 1 aromatic carbocycles. The molecule has 0 bridgehead atoms. The van der Waals surface area contributed by atoms with Gasteiger partial charge in [0.05, 0.1) is 11.6 Å². The summed E-state index contributed by atoms with van der Waals surface area (Å²) in [6.45, 7) is 9.07. The first-order valence-corrected chi connectivity index (χ1v) is 8.38. The standard InChI is InChI=1S/C17H24N2OS/c1-4-18-11-14-12-19-17(21-14)9-10-20-16-8-6-5-7-15(16)13(2)3/h5-8,12-13,18H,4,9-11H2,1-3H3. The molecule has 0 radical (unpaired) electrons. The van der Waals surface area contributed by atoms with Crippen LogP contribution in [-0.4, -0.2) is 18.1 Å². The molecule has 0 aliphatic rings. The number of benzene rings is 1. The molecule has 0 aliphatic heterocycles. The van der Waals surface area contributed by atoms with Crippen molar-refractivity contribution in [1.29, 1.82) is 0 Å². The van der Waals surface area contributed by atoms with Gasteiger partial charge in [-0.25, -0.2) is 4.98 Å². The number of nitrogens with zero attached hydrogens (tertiary/aromatic N) is 1. The Morgan fingerprint density at radius 3 is 2.86 bits per heavy atom. The Morgan fingerprint density at radius 2 is 2.10 bits per heavy atom. The Balaban J connectivity index is 1.85. The molecule has 114 valence electrons. The lowest BCUT2D eigenvalue weighted by Gasteiger charge is -2.13. The van der Waals surface area contributed by atoms with E-state index in [1.807, 2.05) is 18.3 Å². The molecule has 0 saturated heterocycles. The summed E-state index contributed by atoms with van der Waals surface area (Å²) < 4.78 is 5.94. The molecule has 0 aliphatic carbocycles. The lowest BCUT2D eigenvalue weighted by Crippen LogP contribution is -2.10. The van der Waals surface area contributed by atoms with E-state index >= 15 is 0 Å². The molecular formula is C17H24N2OS. The molecule has 0 saturated carbocycles. The zero-order valence-electron chi connectivity index (χ0n) is 13.1. The minimum Gasteiger partial charge on any atom is -0.493 e. The molecule has 0 atom stereocenters. The molecule has 2 rings (SSSR count). The number of thiazole rings is 1. The van der Waals surface area contributed by atoms with Crippen LogP contribution in [0.3, 0.4) is 0 Å². The van der Waals surface area contributed by atoms with Gasteiger partial charge in [0.2, 0.25) is 0 Å². The fourth-order valence-corrected chi connectivity index (χ4v) is 3.00. The predicted octanol–water partition coefficient (Wildman–Crippen LogP) is 4.00. The minimum absolute atomic E-state index is 0.479. The first kappa shape index (κ1) is 16.0. The lowest BCUT2D eigenvalue weighted by molar-refractivity contribution is 0.317. The first-order valence-electron chi connectivity index (χ1n) is 7.56. The van der Waals surface area contributed by atoms with Gasteiger partial charge in [-0.2, -0.15) is 0 Å². The maximum Gasteiger partial charge on any atom is 0.122 e. The second-order valence-corrected chi connectivity index (χ2v) is 6.49. The molecule has 0 amide bonds. The Bertz CT molecular complexity index is 551. The number of rotatable bonds is 8. The number of nitrogens with one attached hydrogen (secondary N) is 1. The smallest absolute Gasteiger partial charge is 0.122 e. The second kappa shape index (κ2) is 8.15. The Kier molecular flexibility index (Phi) is 6.21. The average molecular weight is 304 g/mol. The van der Waals surface area contributed by atoms with E-state index in [-0.39, 0.29) is 0 Å². The van der Waals surface area contributed by atoms with Crippen molar-refractivity contribution in [3.63, 3.8) is 0 Å². The molecule has 0 spiro atoms. The van der Waals surface area contributed by atoms with Crippen molar-refractivity contribution in [3.05, 3.63) is 45.9 Å². The van der Waals surface area contributed by atoms with Gasteiger partial charge in [-0.3, -0.25) is 0 Å². The van der Waals surface area contributed by atoms with Gasteiger partial charge in [0, 0.05) is 24.0 Å². The molecule has 3 nitrogen and oxygen atoms in total. The average Bonchev–Trinajstić information content (AvgIpc) is 2.93. The van der Waals surface area contributed by atoms with E-state index in [2.05, 4.69) is 43.2 Å². The maximum atomic E-state index is 5.94. The van der Waals surface area contributed by atoms with Gasteiger partial charge in [-0.1, -0.05) is 39.0 Å². The van der Waals surface area contributed by atoms with Crippen LogP contribution in [0.15, 0.2) is 30.5 Å². The van der Waals surface area contributed by atoms with E-state index in [1.54, 1.807) is 11.3 Å². The maximum absolute atomic E-state index is 5.94. The van der Waals surface area contributed by atoms with Crippen molar-refractivity contribution in [2.24, 2.45) is 0 Å². The minimum atomic E-state index is 0.479. The van der Waals surface area contributed by atoms with Gasteiger partial charge in [0.25, 0.3) is 0 Å². The largest absolute Gasteiger partial charge is 0.493 e. The van der Waals surface area contributed by atoms with E-state index < -0.39 is 0 Å². The van der Waals surface area contributed by atoms with Crippen LogP contribution in [0.5, 0.6) is 5.75 Å². The summed E-state index contributed by atoms with van der Waals surface area (Å²) in [6, 6.07) is 8.28. The third kappa shape index (κ3) is 4.83. The van der Waals surface area contributed by atoms with Crippen LogP contribution < -0.4 is 10.1 Å². The summed E-state index contributed by atoms with van der Waals surface area (Å²) in [7, 11) is 0. The Morgan fingerprint density at radius 1 is 1.29 bits per heavy atom. The van der Waals surface area contributed by atoms with E-state index in [4.69, 9.17) is 4.74 Å². The summed E-state index contributed by atoms with van der Waals surface area (Å²) in [5.74, 6) is 1.48. The molecule has 1 N–H and O–H groups in total. The molecule has 1 heterocycles. The van der Waals surface area contributed by atoms with E-state index in [0.717, 1.165) is 30.3 Å². The zero-order chi connectivity index (χ0) is 15.1. The SMILES string of the molecule is CCNCc1cnc(CCOc2ccccc2C(C)C)s1. The van der Waals surface area contributed by atoms with Crippen molar-refractivity contribution >= 4 is 11.3 Å². The number of aromatic nitrogens is 1. The summed E-state index contributed by atoms with van der Waals surface area (Å²) in [5, 5.41) is 4.46. The van der Waals surface area contributed by atoms with Crippen LogP contribution in [0.1, 0.15) is 42.1 Å². The highest BCUT2D eigenvalue weighted by molar-refractivity contribution is 7.11. The van der Waals surface area contributed by atoms with Crippen LogP contribution in [0.25, 0.3) is 0 Å². The Hall–Kier alpha value is -1.39. The van der Waals surface area contributed by atoms with Crippen LogP contribution in [0, 0.1) is 0 Å². The van der Waals surface area contributed by atoms with Gasteiger partial charge in [0.1, 0.15) is 5.75 Å². The number of para-hydroxylation sites is 1. The van der Waals surface area contributed by atoms with Gasteiger partial charge < -0.3 is 10.1 Å². The molecule has 0 unspecified atom stereocenters. The van der Waals surface area contributed by atoms with Crippen molar-refractivity contribution in [2.45, 2.75) is 39.7 Å². The van der Waals surface area contributed by atoms with Crippen molar-refractivity contribution in [1.82, 2.24) is 10.3 Å². The van der Waals surface area contributed by atoms with Crippen molar-refractivity contribution in [2.75, 3.05) is 13.2 Å². The normalized spacial score (nSPS) is 11.0. The van der Waals surface area contributed by atoms with Crippen molar-refractivity contribution < 1.29 is 4.74 Å². The molecule has 0 fully saturated rings. The zero-order valence-corrected chi connectivity index (χ0v) is 13.9. The molecule has 1 aromatic heterocycles. The molecule has 2 aromatic rings. The highest BCUT2D eigenvalue weighted by Crippen LogP contribution is 2.26. The third-order valence-corrected chi connectivity index (χ3v) is 4.32. The highest BCUT2D eigenvalue weighted by atomic mass is 32.1. The molecule has 4 heteroatoms. The fraction of sp³-hybridized carbons (Fsp3) is 0.471. The summed E-state index contributed by atoms with van der Waals surface area (Å²) in [5.41, 5.74) is 1.27. The van der Waals surface area contributed by atoms with E-state index in [1.165, 1.54) is 10.4 Å². The topological polar surface area (TPSA) is 34.2 Å². The summed E-state index contributed by atoms with van der Waals surface area (Å²) >= 11 is 1.76. The van der Waals surface area contributed by atoms with Gasteiger partial charge in [0.15, 0.2) is 0 Å². The van der Waals surface area contributed by atoms with Crippen LogP contribution in [0.2, 0.25) is 0 Å². The summed E-state index contributed by atoms with van der Waals surface area (Å²) in [6.07, 6.45) is 2.83. The van der Waals surface area contributed by atoms with Crippen LogP contribution in [0.4, 0.5) is 0 Å². The van der Waals surface area contributed by atoms with Gasteiger partial charge >= 0.3 is 0 Å². The first-order chi connectivity index (χ1) is 10.2. The predicted molar refractivity (Wildman–Crippen MR) is 89.2 cm³/mol. The summed E-state index contributed by atoms with van der Waals surface area (Å²) in [4.78, 5) is 5.74. The van der Waals surface area contributed by atoms with Crippen LogP contribution in [-0.2, 0) is 13.0 Å².